The number of piperidine rings is 1. The van der Waals surface area contributed by atoms with Gasteiger partial charge in [-0.05, 0) is 43.4 Å². The minimum atomic E-state index is -0.121. The summed E-state index contributed by atoms with van der Waals surface area (Å²) in [7, 11) is 0. The lowest BCUT2D eigenvalue weighted by Gasteiger charge is -2.34. The Balaban J connectivity index is 1.52. The third-order valence-electron chi connectivity index (χ3n) is 4.80. The maximum absolute atomic E-state index is 12.5. The minimum absolute atomic E-state index is 0.0221. The molecule has 0 bridgehead atoms. The molecule has 24 heavy (non-hydrogen) atoms. The van der Waals surface area contributed by atoms with Crippen LogP contribution in [0, 0.1) is 5.92 Å². The number of urea groups is 1. The number of halogens is 1. The van der Waals surface area contributed by atoms with E-state index in [1.54, 1.807) is 0 Å². The van der Waals surface area contributed by atoms with Crippen LogP contribution < -0.4 is 5.32 Å². The van der Waals surface area contributed by atoms with E-state index in [9.17, 15) is 9.59 Å². The fourth-order valence-electron chi connectivity index (χ4n) is 3.45. The van der Waals surface area contributed by atoms with Crippen molar-refractivity contribution >= 4 is 23.5 Å². The largest absolute Gasteiger partial charge is 0.352 e. The average Bonchev–Trinajstić information content (AvgIpc) is 3.14. The smallest absolute Gasteiger partial charge is 0.320 e. The Kier molecular flexibility index (Phi) is 5.61. The van der Waals surface area contributed by atoms with Crippen molar-refractivity contribution in [2.45, 2.75) is 32.2 Å². The van der Waals surface area contributed by atoms with E-state index in [1.165, 1.54) is 0 Å². The van der Waals surface area contributed by atoms with E-state index in [0.29, 0.717) is 18.1 Å². The summed E-state index contributed by atoms with van der Waals surface area (Å²) in [4.78, 5) is 28.7. The van der Waals surface area contributed by atoms with Crippen LogP contribution in [0.2, 0.25) is 5.02 Å². The Morgan fingerprint density at radius 2 is 1.88 bits per heavy atom. The van der Waals surface area contributed by atoms with E-state index >= 15 is 0 Å². The van der Waals surface area contributed by atoms with E-state index in [1.807, 2.05) is 34.1 Å². The van der Waals surface area contributed by atoms with Gasteiger partial charge in [0.1, 0.15) is 0 Å². The van der Waals surface area contributed by atoms with Crippen LogP contribution in [0.3, 0.4) is 0 Å². The highest BCUT2D eigenvalue weighted by Crippen LogP contribution is 2.20. The van der Waals surface area contributed by atoms with Crippen molar-refractivity contribution in [3.8, 4) is 0 Å². The van der Waals surface area contributed by atoms with Crippen LogP contribution in [0.1, 0.15) is 31.2 Å². The molecular formula is C18H24ClN3O2. The van der Waals surface area contributed by atoms with Gasteiger partial charge in [-0.1, -0.05) is 23.7 Å². The molecule has 2 aliphatic heterocycles. The number of nitrogens with one attached hydrogen (secondary N) is 1. The lowest BCUT2D eigenvalue weighted by atomic mass is 9.97. The highest BCUT2D eigenvalue weighted by molar-refractivity contribution is 6.30. The summed E-state index contributed by atoms with van der Waals surface area (Å²) in [5, 5.41) is 3.64. The fraction of sp³-hybridized carbons (Fsp3) is 0.556. The van der Waals surface area contributed by atoms with Gasteiger partial charge in [-0.25, -0.2) is 4.79 Å². The van der Waals surface area contributed by atoms with Crippen LogP contribution in [-0.4, -0.2) is 47.9 Å². The minimum Gasteiger partial charge on any atom is -0.352 e. The van der Waals surface area contributed by atoms with E-state index in [4.69, 9.17) is 11.6 Å². The third-order valence-corrected chi connectivity index (χ3v) is 5.03. The molecule has 1 atom stereocenters. The van der Waals surface area contributed by atoms with Gasteiger partial charge in [0.2, 0.25) is 5.91 Å². The molecule has 6 heteroatoms. The van der Waals surface area contributed by atoms with E-state index < -0.39 is 0 Å². The van der Waals surface area contributed by atoms with Crippen molar-refractivity contribution in [3.63, 3.8) is 0 Å². The first-order valence-corrected chi connectivity index (χ1v) is 9.07. The molecule has 130 valence electrons. The van der Waals surface area contributed by atoms with E-state index in [-0.39, 0.29) is 17.9 Å². The van der Waals surface area contributed by atoms with Crippen LogP contribution in [0.15, 0.2) is 24.3 Å². The highest BCUT2D eigenvalue weighted by atomic mass is 35.5. The van der Waals surface area contributed by atoms with E-state index in [2.05, 4.69) is 5.32 Å². The average molecular weight is 350 g/mol. The lowest BCUT2D eigenvalue weighted by Crippen LogP contribution is -2.49. The number of hydrogen-bond acceptors (Lipinski definition) is 2. The summed E-state index contributed by atoms with van der Waals surface area (Å²) in [5.41, 5.74) is 0.983. The quantitative estimate of drug-likeness (QED) is 0.912. The number of carbonyl (C=O) groups is 2. The number of likely N-dealkylation sites (tertiary alicyclic amines) is 2. The number of hydrogen-bond donors (Lipinski definition) is 1. The Labute approximate surface area is 147 Å². The maximum atomic E-state index is 12.5. The predicted octanol–water partition coefficient (Wildman–Crippen LogP) is 2.88. The Morgan fingerprint density at radius 3 is 2.62 bits per heavy atom. The number of rotatable bonds is 3. The summed E-state index contributed by atoms with van der Waals surface area (Å²) < 4.78 is 0. The Morgan fingerprint density at radius 1 is 1.12 bits per heavy atom. The molecule has 1 aromatic carbocycles. The Hall–Kier alpha value is -1.75. The van der Waals surface area contributed by atoms with Gasteiger partial charge < -0.3 is 15.1 Å². The molecular weight excluding hydrogens is 326 g/mol. The molecule has 1 N–H and O–H groups in total. The molecule has 0 radical (unpaired) electrons. The highest BCUT2D eigenvalue weighted by Gasteiger charge is 2.31. The normalized spacial score (nSPS) is 21.0. The lowest BCUT2D eigenvalue weighted by molar-refractivity contribution is -0.126. The molecule has 0 unspecified atom stereocenters. The monoisotopic (exact) mass is 349 g/mol. The number of carbonyl (C=O) groups excluding carboxylic acids is 2. The van der Waals surface area contributed by atoms with Crippen LogP contribution in [0.5, 0.6) is 0 Å². The summed E-state index contributed by atoms with van der Waals surface area (Å²) in [6.07, 6.45) is 3.90. The van der Waals surface area contributed by atoms with E-state index in [0.717, 1.165) is 50.9 Å². The fourth-order valence-corrected chi connectivity index (χ4v) is 3.67. The van der Waals surface area contributed by atoms with Gasteiger partial charge in [0, 0.05) is 37.7 Å². The van der Waals surface area contributed by atoms with Gasteiger partial charge in [0.05, 0.1) is 5.92 Å². The van der Waals surface area contributed by atoms with Crippen molar-refractivity contribution in [2.75, 3.05) is 26.2 Å². The molecule has 3 amide bonds. The number of benzene rings is 1. The van der Waals surface area contributed by atoms with Crippen molar-refractivity contribution in [2.24, 2.45) is 5.92 Å². The Bertz CT molecular complexity index is 602. The van der Waals surface area contributed by atoms with Gasteiger partial charge in [0.25, 0.3) is 0 Å². The molecule has 0 saturated carbocycles. The standard InChI is InChI=1S/C18H24ClN3O2/c19-16-7-3-5-14(11-16)12-20-17(23)15-6-4-10-22(13-15)18(24)21-8-1-2-9-21/h3,5,7,11,15H,1-2,4,6,8-10,12-13H2,(H,20,23)/t15-/m0/s1. The summed E-state index contributed by atoms with van der Waals surface area (Å²) in [6, 6.07) is 7.58. The number of amides is 3. The zero-order chi connectivity index (χ0) is 16.9. The van der Waals surface area contributed by atoms with Crippen LogP contribution in [0.4, 0.5) is 4.79 Å². The summed E-state index contributed by atoms with van der Waals surface area (Å²) in [5.74, 6) is -0.0987. The molecule has 2 fully saturated rings. The molecule has 2 aliphatic rings. The predicted molar refractivity (Wildman–Crippen MR) is 93.8 cm³/mol. The molecule has 2 heterocycles. The molecule has 5 nitrogen and oxygen atoms in total. The maximum Gasteiger partial charge on any atom is 0.320 e. The molecule has 2 saturated heterocycles. The molecule has 0 spiro atoms. The zero-order valence-corrected chi connectivity index (χ0v) is 14.6. The summed E-state index contributed by atoms with van der Waals surface area (Å²) >= 11 is 5.96. The van der Waals surface area contributed by atoms with Crippen LogP contribution >= 0.6 is 11.6 Å². The second-order valence-electron chi connectivity index (χ2n) is 6.61. The third kappa shape index (κ3) is 4.20. The first kappa shape index (κ1) is 17.1. The SMILES string of the molecule is O=C(NCc1cccc(Cl)c1)[C@H]1CCCN(C(=O)N2CCCC2)C1. The van der Waals surface area contributed by atoms with Gasteiger partial charge in [-0.15, -0.1) is 0 Å². The number of nitrogens with zero attached hydrogens (tertiary/aromatic N) is 2. The molecule has 3 rings (SSSR count). The zero-order valence-electron chi connectivity index (χ0n) is 13.8. The van der Waals surface area contributed by atoms with Crippen molar-refractivity contribution in [3.05, 3.63) is 34.9 Å². The first-order chi connectivity index (χ1) is 11.6. The first-order valence-electron chi connectivity index (χ1n) is 8.69. The van der Waals surface area contributed by atoms with Gasteiger partial charge in [0.15, 0.2) is 0 Å². The summed E-state index contributed by atoms with van der Waals surface area (Å²) in [6.45, 7) is 3.45. The van der Waals surface area contributed by atoms with Gasteiger partial charge in [-0.2, -0.15) is 0 Å². The molecule has 0 aliphatic carbocycles. The van der Waals surface area contributed by atoms with Gasteiger partial charge >= 0.3 is 6.03 Å². The van der Waals surface area contributed by atoms with Crippen molar-refractivity contribution < 1.29 is 9.59 Å². The van der Waals surface area contributed by atoms with Crippen molar-refractivity contribution in [1.29, 1.82) is 0 Å². The second kappa shape index (κ2) is 7.88. The van der Waals surface area contributed by atoms with Crippen LogP contribution in [-0.2, 0) is 11.3 Å². The molecule has 0 aromatic heterocycles. The topological polar surface area (TPSA) is 52.7 Å². The van der Waals surface area contributed by atoms with Gasteiger partial charge in [-0.3, -0.25) is 4.79 Å². The van der Waals surface area contributed by atoms with Crippen molar-refractivity contribution in [1.82, 2.24) is 15.1 Å². The molecule has 1 aromatic rings. The van der Waals surface area contributed by atoms with Crippen LogP contribution in [0.25, 0.3) is 0 Å². The second-order valence-corrected chi connectivity index (χ2v) is 7.05.